The minimum Gasteiger partial charge on any atom is -0.312 e. The maximum absolute atomic E-state index is 4.94. The summed E-state index contributed by atoms with van der Waals surface area (Å²) < 4.78 is 1.07. The van der Waals surface area contributed by atoms with Crippen LogP contribution in [-0.4, -0.2) is 34.6 Å². The van der Waals surface area contributed by atoms with E-state index in [1.165, 1.54) is 5.56 Å². The Bertz CT molecular complexity index is 1080. The van der Waals surface area contributed by atoms with Crippen LogP contribution in [0, 0.1) is 6.92 Å². The maximum Gasteiger partial charge on any atom is 0.149 e. The van der Waals surface area contributed by atoms with Crippen LogP contribution in [0.1, 0.15) is 17.4 Å². The second-order valence-electron chi connectivity index (χ2n) is 6.31. The van der Waals surface area contributed by atoms with Crippen molar-refractivity contribution in [1.82, 2.24) is 9.88 Å². The highest BCUT2D eigenvalue weighted by atomic mass is 79.9. The number of aromatic nitrogens is 1. The molecule has 3 aromatic rings. The summed E-state index contributed by atoms with van der Waals surface area (Å²) in [5.74, 6) is 2.09. The van der Waals surface area contributed by atoms with Gasteiger partial charge in [0.15, 0.2) is 0 Å². The minimum atomic E-state index is 0.840. The van der Waals surface area contributed by atoms with Gasteiger partial charge in [0.2, 0.25) is 0 Å². The summed E-state index contributed by atoms with van der Waals surface area (Å²) in [6.45, 7) is 5.97. The first-order valence-corrected chi connectivity index (χ1v) is 9.80. The number of pyridine rings is 1. The fraction of sp³-hybridized carbons (Fsp3) is 0.211. The normalized spacial score (nSPS) is 15.9. The molecule has 2 aromatic heterocycles. The van der Waals surface area contributed by atoms with Crippen LogP contribution in [0.4, 0.5) is 5.69 Å². The molecule has 0 bridgehead atoms. The number of aryl methyl sites for hydroxylation is 1. The van der Waals surface area contributed by atoms with Crippen molar-refractivity contribution in [2.75, 3.05) is 13.1 Å². The standard InChI is InChI=1S/C19H15BrN4S/c1-10-9-14(12-3-5-13(20)6-4-12)23-19-15(10)16-17(25-19)18-21-7-8-24(18)11(2)22-16/h3-6,9H,7-8H2,1-2H3. The molecule has 2 aliphatic rings. The Morgan fingerprint density at radius 1 is 1.16 bits per heavy atom. The highest BCUT2D eigenvalue weighted by molar-refractivity contribution is 9.10. The third kappa shape index (κ3) is 2.28. The molecule has 25 heavy (non-hydrogen) atoms. The highest BCUT2D eigenvalue weighted by Gasteiger charge is 2.31. The predicted octanol–water partition coefficient (Wildman–Crippen LogP) is 5.16. The van der Waals surface area contributed by atoms with Gasteiger partial charge < -0.3 is 4.90 Å². The second-order valence-corrected chi connectivity index (χ2v) is 8.22. The van der Waals surface area contributed by atoms with Gasteiger partial charge in [-0.15, -0.1) is 11.3 Å². The quantitative estimate of drug-likeness (QED) is 0.555. The van der Waals surface area contributed by atoms with E-state index in [4.69, 9.17) is 15.0 Å². The molecule has 2 aliphatic heterocycles. The number of aliphatic imine (C=N–C) groups is 2. The van der Waals surface area contributed by atoms with E-state index in [0.717, 1.165) is 61.3 Å². The third-order valence-corrected chi connectivity index (χ3v) is 6.28. The first-order valence-electron chi connectivity index (χ1n) is 8.19. The van der Waals surface area contributed by atoms with Gasteiger partial charge in [-0.25, -0.2) is 9.98 Å². The molecule has 0 fully saturated rings. The fourth-order valence-corrected chi connectivity index (χ4v) is 4.94. The van der Waals surface area contributed by atoms with Crippen molar-refractivity contribution in [2.45, 2.75) is 13.8 Å². The number of thiophene rings is 1. The Morgan fingerprint density at radius 2 is 1.96 bits per heavy atom. The molecule has 0 aliphatic carbocycles. The lowest BCUT2D eigenvalue weighted by Crippen LogP contribution is -2.34. The Morgan fingerprint density at radius 3 is 2.76 bits per heavy atom. The van der Waals surface area contributed by atoms with E-state index in [-0.39, 0.29) is 0 Å². The number of rotatable bonds is 1. The molecule has 0 spiro atoms. The molecular formula is C19H15BrN4S. The first kappa shape index (κ1) is 15.2. The number of halogens is 1. The number of nitrogens with zero attached hydrogens (tertiary/aromatic N) is 4. The monoisotopic (exact) mass is 410 g/mol. The maximum atomic E-state index is 4.94. The zero-order valence-corrected chi connectivity index (χ0v) is 16.3. The molecule has 0 amide bonds. The molecule has 0 radical (unpaired) electrons. The smallest absolute Gasteiger partial charge is 0.149 e. The summed E-state index contributed by atoms with van der Waals surface area (Å²) in [7, 11) is 0. The van der Waals surface area contributed by atoms with Crippen molar-refractivity contribution < 1.29 is 0 Å². The van der Waals surface area contributed by atoms with Crippen LogP contribution in [0.5, 0.6) is 0 Å². The largest absolute Gasteiger partial charge is 0.312 e. The molecular weight excluding hydrogens is 396 g/mol. The van der Waals surface area contributed by atoms with Gasteiger partial charge in [-0.05, 0) is 37.6 Å². The van der Waals surface area contributed by atoms with E-state index in [2.05, 4.69) is 65.0 Å². The first-order chi connectivity index (χ1) is 12.1. The number of benzene rings is 1. The van der Waals surface area contributed by atoms with Gasteiger partial charge in [0.05, 0.1) is 22.8 Å². The summed E-state index contributed by atoms with van der Waals surface area (Å²) in [6.07, 6.45) is 0. The Kier molecular flexibility index (Phi) is 3.33. The van der Waals surface area contributed by atoms with Crippen molar-refractivity contribution in [3.8, 4) is 11.3 Å². The van der Waals surface area contributed by atoms with E-state index >= 15 is 0 Å². The molecule has 5 rings (SSSR count). The van der Waals surface area contributed by atoms with Crippen LogP contribution >= 0.6 is 27.3 Å². The van der Waals surface area contributed by atoms with Crippen molar-refractivity contribution in [3.63, 3.8) is 0 Å². The van der Waals surface area contributed by atoms with E-state index < -0.39 is 0 Å². The molecule has 4 heterocycles. The van der Waals surface area contributed by atoms with Crippen molar-refractivity contribution >= 4 is 54.8 Å². The van der Waals surface area contributed by atoms with Gasteiger partial charge in [0.1, 0.15) is 16.5 Å². The molecule has 6 heteroatoms. The molecule has 0 unspecified atom stereocenters. The lowest BCUT2D eigenvalue weighted by molar-refractivity contribution is 0.659. The molecule has 0 N–H and O–H groups in total. The van der Waals surface area contributed by atoms with Crippen LogP contribution in [0.3, 0.4) is 0 Å². The lowest BCUT2D eigenvalue weighted by atomic mass is 10.1. The lowest BCUT2D eigenvalue weighted by Gasteiger charge is -2.23. The third-order valence-electron chi connectivity index (χ3n) is 4.68. The average molecular weight is 411 g/mol. The molecule has 0 saturated carbocycles. The summed E-state index contributed by atoms with van der Waals surface area (Å²) in [4.78, 5) is 18.9. The van der Waals surface area contributed by atoms with Gasteiger partial charge in [-0.2, -0.15) is 0 Å². The second kappa shape index (κ2) is 5.47. The summed E-state index contributed by atoms with van der Waals surface area (Å²) >= 11 is 5.20. The van der Waals surface area contributed by atoms with Crippen LogP contribution in [0.15, 0.2) is 44.8 Å². The summed E-state index contributed by atoms with van der Waals surface area (Å²) in [6, 6.07) is 10.4. The zero-order valence-electron chi connectivity index (χ0n) is 13.9. The van der Waals surface area contributed by atoms with Crippen molar-refractivity contribution in [3.05, 3.63) is 45.2 Å². The van der Waals surface area contributed by atoms with Crippen molar-refractivity contribution in [2.24, 2.45) is 9.98 Å². The van der Waals surface area contributed by atoms with E-state index in [1.807, 2.05) is 0 Å². The number of fused-ring (bicyclic) bond motifs is 5. The molecule has 1 aromatic carbocycles. The van der Waals surface area contributed by atoms with Crippen LogP contribution in [0.25, 0.3) is 21.5 Å². The topological polar surface area (TPSA) is 40.9 Å². The number of hydrogen-bond donors (Lipinski definition) is 0. The molecule has 4 nitrogen and oxygen atoms in total. The van der Waals surface area contributed by atoms with E-state index in [1.54, 1.807) is 11.3 Å². The highest BCUT2D eigenvalue weighted by Crippen LogP contribution is 2.43. The summed E-state index contributed by atoms with van der Waals surface area (Å²) in [5, 5.41) is 1.16. The van der Waals surface area contributed by atoms with Gasteiger partial charge >= 0.3 is 0 Å². The van der Waals surface area contributed by atoms with Crippen LogP contribution in [0.2, 0.25) is 0 Å². The Balaban J connectivity index is 1.75. The van der Waals surface area contributed by atoms with Gasteiger partial charge in [0.25, 0.3) is 0 Å². The van der Waals surface area contributed by atoms with Gasteiger partial charge in [-0.1, -0.05) is 28.1 Å². The van der Waals surface area contributed by atoms with Gasteiger partial charge in [-0.3, -0.25) is 4.99 Å². The number of hydrogen-bond acceptors (Lipinski definition) is 5. The SMILES string of the molecule is CC1=Nc2c(sc3nc(-c4ccc(Br)cc4)cc(C)c23)C2=NCCN12. The Labute approximate surface area is 158 Å². The molecule has 0 saturated heterocycles. The van der Waals surface area contributed by atoms with Crippen molar-refractivity contribution in [1.29, 1.82) is 0 Å². The van der Waals surface area contributed by atoms with E-state index in [9.17, 15) is 0 Å². The Hall–Kier alpha value is -2.05. The summed E-state index contributed by atoms with van der Waals surface area (Å²) in [5.41, 5.74) is 4.38. The van der Waals surface area contributed by atoms with Gasteiger partial charge in [0, 0.05) is 22.0 Å². The minimum absolute atomic E-state index is 0.840. The van der Waals surface area contributed by atoms with Crippen LogP contribution < -0.4 is 0 Å². The van der Waals surface area contributed by atoms with Crippen LogP contribution in [-0.2, 0) is 0 Å². The molecule has 0 atom stereocenters. The molecule has 124 valence electrons. The number of amidine groups is 2. The fourth-order valence-electron chi connectivity index (χ4n) is 3.47. The average Bonchev–Trinajstić information content (AvgIpc) is 3.20. The predicted molar refractivity (Wildman–Crippen MR) is 108 cm³/mol. The zero-order chi connectivity index (χ0) is 17.1. The van der Waals surface area contributed by atoms with E-state index in [0.29, 0.717) is 0 Å².